The van der Waals surface area contributed by atoms with Gasteiger partial charge in [0.25, 0.3) is 0 Å². The van der Waals surface area contributed by atoms with Gasteiger partial charge in [0.1, 0.15) is 12.2 Å². The number of ketones is 1. The molecule has 0 atom stereocenters. The van der Waals surface area contributed by atoms with Crippen LogP contribution in [-0.2, 0) is 11.2 Å². The Balaban J connectivity index is 2.57. The Bertz CT molecular complexity index is 368. The van der Waals surface area contributed by atoms with Crippen LogP contribution in [-0.4, -0.2) is 21.7 Å². The monoisotopic (exact) mass is 234 g/mol. The number of carbonyl (C=O) groups is 1. The molecular weight excluding hydrogens is 221 g/mol. The molecule has 3 nitrogen and oxygen atoms in total. The minimum Gasteiger partial charge on any atom is -0.299 e. The molecule has 0 bridgehead atoms. The normalized spacial score (nSPS) is 12.1. The molecule has 0 unspecified atom stereocenters. The number of Topliss-reactive ketones (excluding diaryl/α,β-unsaturated/α-hetero) is 1. The lowest BCUT2D eigenvalue weighted by Crippen LogP contribution is -2.16. The molecule has 1 heterocycles. The van der Waals surface area contributed by atoms with E-state index in [9.17, 15) is 18.0 Å². The Morgan fingerprint density at radius 2 is 2.12 bits per heavy atom. The van der Waals surface area contributed by atoms with E-state index in [0.717, 1.165) is 0 Å². The van der Waals surface area contributed by atoms with Crippen molar-refractivity contribution >= 4 is 5.78 Å². The van der Waals surface area contributed by atoms with Gasteiger partial charge < -0.3 is 0 Å². The summed E-state index contributed by atoms with van der Waals surface area (Å²) in [5, 5.41) is 4.01. The van der Waals surface area contributed by atoms with Gasteiger partial charge in [0.05, 0.1) is 12.1 Å². The van der Waals surface area contributed by atoms with Gasteiger partial charge >= 0.3 is 6.18 Å². The van der Waals surface area contributed by atoms with E-state index in [1.807, 2.05) is 13.8 Å². The van der Waals surface area contributed by atoms with Gasteiger partial charge in [-0.3, -0.25) is 9.48 Å². The summed E-state index contributed by atoms with van der Waals surface area (Å²) < 4.78 is 37.3. The lowest BCUT2D eigenvalue weighted by Gasteiger charge is -2.05. The number of aromatic nitrogens is 2. The predicted molar refractivity (Wildman–Crippen MR) is 52.0 cm³/mol. The largest absolute Gasteiger partial charge is 0.395 e. The van der Waals surface area contributed by atoms with Crippen LogP contribution in [0, 0.1) is 0 Å². The first-order chi connectivity index (χ1) is 7.28. The fourth-order valence-corrected chi connectivity index (χ4v) is 1.25. The van der Waals surface area contributed by atoms with Crippen LogP contribution in [0.3, 0.4) is 0 Å². The molecule has 0 aromatic carbocycles. The van der Waals surface area contributed by atoms with E-state index in [2.05, 4.69) is 5.10 Å². The Morgan fingerprint density at radius 3 is 2.56 bits per heavy atom. The van der Waals surface area contributed by atoms with Crippen molar-refractivity contribution in [3.05, 3.63) is 18.0 Å². The summed E-state index contributed by atoms with van der Waals surface area (Å²) in [6.07, 6.45) is -4.43. The second kappa shape index (κ2) is 4.67. The minimum atomic E-state index is -4.43. The Morgan fingerprint density at radius 1 is 1.50 bits per heavy atom. The molecule has 1 aromatic rings. The SMILES string of the molecule is CC(C)n1ccc(CC(=O)CC(F)(F)F)n1. The van der Waals surface area contributed by atoms with Crippen LogP contribution in [0.1, 0.15) is 32.0 Å². The molecule has 16 heavy (non-hydrogen) atoms. The molecule has 0 fully saturated rings. The zero-order valence-electron chi connectivity index (χ0n) is 9.08. The van der Waals surface area contributed by atoms with Crippen molar-refractivity contribution in [2.45, 2.75) is 38.9 Å². The Labute approximate surface area is 91.3 Å². The van der Waals surface area contributed by atoms with Gasteiger partial charge in [0, 0.05) is 12.2 Å². The van der Waals surface area contributed by atoms with E-state index in [1.165, 1.54) is 0 Å². The molecule has 0 aliphatic rings. The summed E-state index contributed by atoms with van der Waals surface area (Å²) in [5.41, 5.74) is 0.378. The second-order valence-corrected chi connectivity index (χ2v) is 3.89. The van der Waals surface area contributed by atoms with Crippen LogP contribution < -0.4 is 0 Å². The Hall–Kier alpha value is -1.33. The molecule has 0 aliphatic heterocycles. The summed E-state index contributed by atoms with van der Waals surface area (Å²) in [5.74, 6) is -0.860. The van der Waals surface area contributed by atoms with Crippen molar-refractivity contribution in [3.63, 3.8) is 0 Å². The highest BCUT2D eigenvalue weighted by Crippen LogP contribution is 2.20. The average molecular weight is 234 g/mol. The molecule has 0 radical (unpaired) electrons. The van der Waals surface area contributed by atoms with Gasteiger partial charge in [-0.15, -0.1) is 0 Å². The van der Waals surface area contributed by atoms with Crippen molar-refractivity contribution in [1.29, 1.82) is 0 Å². The Kier molecular flexibility index (Phi) is 3.72. The number of rotatable bonds is 4. The third kappa shape index (κ3) is 4.04. The molecule has 0 saturated heterocycles. The third-order valence-corrected chi connectivity index (χ3v) is 1.97. The molecule has 0 saturated carbocycles. The van der Waals surface area contributed by atoms with E-state index in [1.54, 1.807) is 16.9 Å². The first kappa shape index (κ1) is 12.7. The summed E-state index contributed by atoms with van der Waals surface area (Å²) in [6, 6.07) is 1.69. The van der Waals surface area contributed by atoms with Crippen LogP contribution in [0.15, 0.2) is 12.3 Å². The topological polar surface area (TPSA) is 34.9 Å². The summed E-state index contributed by atoms with van der Waals surface area (Å²) in [7, 11) is 0. The zero-order valence-corrected chi connectivity index (χ0v) is 9.08. The van der Waals surface area contributed by atoms with Gasteiger partial charge in [-0.05, 0) is 19.9 Å². The highest BCUT2D eigenvalue weighted by atomic mass is 19.4. The minimum absolute atomic E-state index is 0.131. The molecule has 1 rings (SSSR count). The number of halogens is 3. The molecule has 0 N–H and O–H groups in total. The maximum absolute atomic E-state index is 11.9. The van der Waals surface area contributed by atoms with Crippen molar-refractivity contribution in [2.75, 3.05) is 0 Å². The maximum Gasteiger partial charge on any atom is 0.395 e. The highest BCUT2D eigenvalue weighted by Gasteiger charge is 2.31. The molecular formula is C10H13F3N2O. The fraction of sp³-hybridized carbons (Fsp3) is 0.600. The first-order valence-electron chi connectivity index (χ1n) is 4.90. The predicted octanol–water partition coefficient (Wildman–Crippen LogP) is 2.53. The lowest BCUT2D eigenvalue weighted by molar-refractivity contribution is -0.151. The lowest BCUT2D eigenvalue weighted by atomic mass is 10.2. The summed E-state index contributed by atoms with van der Waals surface area (Å²) in [6.45, 7) is 3.79. The van der Waals surface area contributed by atoms with Gasteiger partial charge in [-0.2, -0.15) is 18.3 Å². The number of hydrogen-bond donors (Lipinski definition) is 0. The standard InChI is InChI=1S/C10H13F3N2O/c1-7(2)15-4-3-8(14-15)5-9(16)6-10(11,12)13/h3-4,7H,5-6H2,1-2H3. The van der Waals surface area contributed by atoms with Gasteiger partial charge in [-0.25, -0.2) is 0 Å². The molecule has 1 aromatic heterocycles. The average Bonchev–Trinajstić information content (AvgIpc) is 2.48. The van der Waals surface area contributed by atoms with Gasteiger partial charge in [0.15, 0.2) is 0 Å². The quantitative estimate of drug-likeness (QED) is 0.802. The first-order valence-corrected chi connectivity index (χ1v) is 4.90. The zero-order chi connectivity index (χ0) is 12.3. The van der Waals surface area contributed by atoms with E-state index in [-0.39, 0.29) is 12.5 Å². The van der Waals surface area contributed by atoms with Crippen molar-refractivity contribution in [2.24, 2.45) is 0 Å². The summed E-state index contributed by atoms with van der Waals surface area (Å²) in [4.78, 5) is 11.0. The van der Waals surface area contributed by atoms with Crippen LogP contribution >= 0.6 is 0 Å². The van der Waals surface area contributed by atoms with Crippen molar-refractivity contribution in [1.82, 2.24) is 9.78 Å². The van der Waals surface area contributed by atoms with E-state index in [0.29, 0.717) is 5.69 Å². The van der Waals surface area contributed by atoms with Gasteiger partial charge in [0.2, 0.25) is 0 Å². The molecule has 0 spiro atoms. The fourth-order valence-electron chi connectivity index (χ4n) is 1.25. The highest BCUT2D eigenvalue weighted by molar-refractivity contribution is 5.80. The molecule has 6 heteroatoms. The molecule has 0 aliphatic carbocycles. The van der Waals surface area contributed by atoms with Crippen LogP contribution in [0.5, 0.6) is 0 Å². The summed E-state index contributed by atoms with van der Waals surface area (Å²) >= 11 is 0. The van der Waals surface area contributed by atoms with Crippen LogP contribution in [0.4, 0.5) is 13.2 Å². The maximum atomic E-state index is 11.9. The van der Waals surface area contributed by atoms with Crippen LogP contribution in [0.2, 0.25) is 0 Å². The molecule has 0 amide bonds. The number of carbonyl (C=O) groups excluding carboxylic acids is 1. The van der Waals surface area contributed by atoms with E-state index < -0.39 is 18.4 Å². The number of nitrogens with zero attached hydrogens (tertiary/aromatic N) is 2. The third-order valence-electron chi connectivity index (χ3n) is 1.97. The smallest absolute Gasteiger partial charge is 0.299 e. The van der Waals surface area contributed by atoms with E-state index in [4.69, 9.17) is 0 Å². The van der Waals surface area contributed by atoms with Crippen molar-refractivity contribution < 1.29 is 18.0 Å². The number of hydrogen-bond acceptors (Lipinski definition) is 2. The van der Waals surface area contributed by atoms with Crippen molar-refractivity contribution in [3.8, 4) is 0 Å². The molecule has 90 valence electrons. The van der Waals surface area contributed by atoms with Gasteiger partial charge in [-0.1, -0.05) is 0 Å². The van der Waals surface area contributed by atoms with Crippen LogP contribution in [0.25, 0.3) is 0 Å². The number of alkyl halides is 3. The van der Waals surface area contributed by atoms with E-state index >= 15 is 0 Å². The second-order valence-electron chi connectivity index (χ2n) is 3.89.